The van der Waals surface area contributed by atoms with E-state index in [0.29, 0.717) is 0 Å². The molecule has 2 atom stereocenters. The summed E-state index contributed by atoms with van der Waals surface area (Å²) in [5.41, 5.74) is 1.15. The van der Waals surface area contributed by atoms with E-state index in [4.69, 9.17) is 5.11 Å². The Morgan fingerprint density at radius 1 is 1.50 bits per heavy atom. The number of allylic oxidation sites excluding steroid dienone is 2. The number of nitrogens with zero attached hydrogens (tertiary/aromatic N) is 1. The van der Waals surface area contributed by atoms with Gasteiger partial charge in [-0.2, -0.15) is 0 Å². The molecule has 1 N–H and O–H groups in total. The Balaban J connectivity index is 2.09. The van der Waals surface area contributed by atoms with Crippen molar-refractivity contribution in [3.63, 3.8) is 0 Å². The highest BCUT2D eigenvalue weighted by Crippen LogP contribution is 2.37. The van der Waals surface area contributed by atoms with Gasteiger partial charge in [0.15, 0.2) is 5.78 Å². The first kappa shape index (κ1) is 9.39. The van der Waals surface area contributed by atoms with E-state index in [9.17, 15) is 9.59 Å². The Hall–Kier alpha value is -1.84. The van der Waals surface area contributed by atoms with Crippen LogP contribution in [0.25, 0.3) is 0 Å². The molecule has 4 heteroatoms. The molecule has 0 aromatic rings. The fourth-order valence-electron chi connectivity index (χ4n) is 2.73. The molecule has 1 fully saturated rings. The molecule has 0 spiro atoms. The molecule has 1 saturated heterocycles. The quantitative estimate of drug-likeness (QED) is 0.658. The summed E-state index contributed by atoms with van der Waals surface area (Å²) in [6, 6.07) is 0.0700. The van der Waals surface area contributed by atoms with Crippen molar-refractivity contribution in [1.82, 2.24) is 4.90 Å². The van der Waals surface area contributed by atoms with Crippen LogP contribution >= 0.6 is 0 Å². The van der Waals surface area contributed by atoms with Crippen molar-refractivity contribution in [2.45, 2.75) is 12.5 Å². The Labute approximate surface area is 92.5 Å². The van der Waals surface area contributed by atoms with Crippen LogP contribution in [0.5, 0.6) is 0 Å². The van der Waals surface area contributed by atoms with Crippen molar-refractivity contribution >= 4 is 11.8 Å². The van der Waals surface area contributed by atoms with Gasteiger partial charge in [0.05, 0.1) is 12.0 Å². The third-order valence-corrected chi connectivity index (χ3v) is 3.46. The summed E-state index contributed by atoms with van der Waals surface area (Å²) in [7, 11) is 0. The van der Waals surface area contributed by atoms with Crippen molar-refractivity contribution in [3.05, 3.63) is 35.6 Å². The first-order chi connectivity index (χ1) is 7.68. The second-order valence-electron chi connectivity index (χ2n) is 4.30. The predicted octanol–water partition coefficient (Wildman–Crippen LogP) is 0.724. The summed E-state index contributed by atoms with van der Waals surface area (Å²) < 4.78 is 0. The molecule has 0 aromatic heterocycles. The predicted molar refractivity (Wildman–Crippen MR) is 56.5 cm³/mol. The van der Waals surface area contributed by atoms with E-state index in [-0.39, 0.29) is 23.3 Å². The Morgan fingerprint density at radius 3 is 3.06 bits per heavy atom. The van der Waals surface area contributed by atoms with E-state index in [1.807, 2.05) is 23.1 Å². The molecule has 2 heterocycles. The first-order valence-corrected chi connectivity index (χ1v) is 5.31. The van der Waals surface area contributed by atoms with Gasteiger partial charge in [-0.05, 0) is 12.0 Å². The number of aliphatic carboxylic acids is 1. The fourth-order valence-corrected chi connectivity index (χ4v) is 2.73. The largest absolute Gasteiger partial charge is 0.478 e. The van der Waals surface area contributed by atoms with Gasteiger partial charge in [-0.15, -0.1) is 0 Å². The van der Waals surface area contributed by atoms with Crippen LogP contribution < -0.4 is 0 Å². The number of carboxylic acids is 1. The van der Waals surface area contributed by atoms with Gasteiger partial charge in [0.1, 0.15) is 5.57 Å². The molecule has 16 heavy (non-hydrogen) atoms. The lowest BCUT2D eigenvalue weighted by atomic mass is 9.82. The normalized spacial score (nSPS) is 31.0. The fraction of sp³-hybridized carbons (Fsp3) is 0.333. The van der Waals surface area contributed by atoms with Gasteiger partial charge >= 0.3 is 5.97 Å². The number of carbonyl (C=O) groups excluding carboxylic acids is 1. The lowest BCUT2D eigenvalue weighted by Gasteiger charge is -2.34. The van der Waals surface area contributed by atoms with Gasteiger partial charge in [-0.1, -0.05) is 18.2 Å². The van der Waals surface area contributed by atoms with Crippen molar-refractivity contribution in [1.29, 1.82) is 0 Å². The van der Waals surface area contributed by atoms with E-state index in [2.05, 4.69) is 0 Å². The number of Topliss-reactive ketones (excluding diaryl/α,β-unsaturated/α-hetero) is 1. The van der Waals surface area contributed by atoms with Crippen molar-refractivity contribution < 1.29 is 14.7 Å². The standard InChI is InChI=1S/C12H11NO3/c14-11-8-3-1-2-7-4-5-13(10(7)8)6-9(11)12(15)16/h1-3,6,8,10H,4-5H2,(H,15,16)/t8-,10+/m1/s1. The molecule has 1 aliphatic carbocycles. The number of rotatable bonds is 1. The summed E-state index contributed by atoms with van der Waals surface area (Å²) >= 11 is 0. The topological polar surface area (TPSA) is 57.6 Å². The van der Waals surface area contributed by atoms with Crippen LogP contribution in [0.1, 0.15) is 6.42 Å². The van der Waals surface area contributed by atoms with Crippen molar-refractivity contribution in [2.24, 2.45) is 5.92 Å². The highest BCUT2D eigenvalue weighted by Gasteiger charge is 2.43. The molecular weight excluding hydrogens is 206 g/mol. The van der Waals surface area contributed by atoms with Gasteiger partial charge in [-0.25, -0.2) is 4.79 Å². The molecule has 3 rings (SSSR count). The molecule has 3 aliphatic rings. The van der Waals surface area contributed by atoms with Gasteiger partial charge in [0, 0.05) is 12.7 Å². The molecule has 0 saturated carbocycles. The highest BCUT2D eigenvalue weighted by molar-refractivity contribution is 6.18. The van der Waals surface area contributed by atoms with Crippen LogP contribution in [0.3, 0.4) is 0 Å². The Morgan fingerprint density at radius 2 is 2.31 bits per heavy atom. The zero-order valence-corrected chi connectivity index (χ0v) is 8.59. The SMILES string of the molecule is O=C(O)C1=CN2CCC3=CC=C[C@@H](C1=O)[C@H]32. The Kier molecular flexibility index (Phi) is 1.80. The van der Waals surface area contributed by atoms with Gasteiger partial charge in [-0.3, -0.25) is 4.79 Å². The highest BCUT2D eigenvalue weighted by atomic mass is 16.4. The van der Waals surface area contributed by atoms with Gasteiger partial charge < -0.3 is 10.0 Å². The minimum absolute atomic E-state index is 0.0700. The van der Waals surface area contributed by atoms with Crippen LogP contribution in [0.15, 0.2) is 35.6 Å². The molecule has 2 aliphatic heterocycles. The molecule has 0 bridgehead atoms. The summed E-state index contributed by atoms with van der Waals surface area (Å²) in [5.74, 6) is -1.70. The average molecular weight is 217 g/mol. The van der Waals surface area contributed by atoms with Crippen LogP contribution in [-0.4, -0.2) is 34.3 Å². The zero-order chi connectivity index (χ0) is 11.3. The summed E-state index contributed by atoms with van der Waals surface area (Å²) in [5, 5.41) is 8.97. The number of hydrogen-bond acceptors (Lipinski definition) is 3. The summed E-state index contributed by atoms with van der Waals surface area (Å²) in [4.78, 5) is 24.9. The second-order valence-corrected chi connectivity index (χ2v) is 4.30. The van der Waals surface area contributed by atoms with Gasteiger partial charge in [0.25, 0.3) is 0 Å². The van der Waals surface area contributed by atoms with Crippen molar-refractivity contribution in [2.75, 3.05) is 6.54 Å². The molecule has 4 nitrogen and oxygen atoms in total. The minimum Gasteiger partial charge on any atom is -0.478 e. The number of ketones is 1. The minimum atomic E-state index is -1.13. The molecule has 0 aromatic carbocycles. The van der Waals surface area contributed by atoms with E-state index in [0.717, 1.165) is 13.0 Å². The van der Waals surface area contributed by atoms with Gasteiger partial charge in [0.2, 0.25) is 0 Å². The maximum atomic E-state index is 12.0. The number of carboxylic acid groups (broad SMARTS) is 1. The van der Waals surface area contributed by atoms with E-state index in [1.54, 1.807) is 0 Å². The molecule has 0 amide bonds. The smallest absolute Gasteiger partial charge is 0.340 e. The van der Waals surface area contributed by atoms with Crippen LogP contribution in [0, 0.1) is 5.92 Å². The Bertz CT molecular complexity index is 473. The number of carbonyl (C=O) groups is 2. The van der Waals surface area contributed by atoms with Crippen LogP contribution in [0.2, 0.25) is 0 Å². The summed E-state index contributed by atoms with van der Waals surface area (Å²) in [6.07, 6.45) is 8.13. The lowest BCUT2D eigenvalue weighted by molar-refractivity contribution is -0.135. The lowest BCUT2D eigenvalue weighted by Crippen LogP contribution is -2.43. The number of hydrogen-bond donors (Lipinski definition) is 1. The average Bonchev–Trinajstić information content (AvgIpc) is 2.67. The van der Waals surface area contributed by atoms with Crippen LogP contribution in [0.4, 0.5) is 0 Å². The molecule has 0 radical (unpaired) electrons. The van der Waals surface area contributed by atoms with Crippen LogP contribution in [-0.2, 0) is 9.59 Å². The molecule has 82 valence electrons. The third-order valence-electron chi connectivity index (χ3n) is 3.46. The molecule has 0 unspecified atom stereocenters. The monoisotopic (exact) mass is 217 g/mol. The van der Waals surface area contributed by atoms with Crippen molar-refractivity contribution in [3.8, 4) is 0 Å². The molecular formula is C12H11NO3. The first-order valence-electron chi connectivity index (χ1n) is 5.31. The summed E-state index contributed by atoms with van der Waals surface area (Å²) in [6.45, 7) is 0.804. The zero-order valence-electron chi connectivity index (χ0n) is 8.59. The van der Waals surface area contributed by atoms with E-state index >= 15 is 0 Å². The third kappa shape index (κ3) is 1.10. The van der Waals surface area contributed by atoms with E-state index in [1.165, 1.54) is 11.8 Å². The van der Waals surface area contributed by atoms with E-state index < -0.39 is 5.97 Å². The maximum absolute atomic E-state index is 12.0. The second kappa shape index (κ2) is 3.07. The maximum Gasteiger partial charge on any atom is 0.340 e.